The molecular weight excluding hydrogens is 335 g/mol. The fourth-order valence-electron chi connectivity index (χ4n) is 2.15. The smallest absolute Gasteiger partial charge is 0.130 e. The number of nitrogens with one attached hydrogen (secondary N) is 2. The minimum atomic E-state index is -1.84. The van der Waals surface area contributed by atoms with Crippen LogP contribution in [0, 0.1) is 0 Å². The number of para-hydroxylation sites is 2. The molecule has 142 valence electrons. The average Bonchev–Trinajstić information content (AvgIpc) is 2.71. The molecule has 0 aliphatic heterocycles. The minimum absolute atomic E-state index is 0.303. The Morgan fingerprint density at radius 3 is 1.00 bits per heavy atom. The van der Waals surface area contributed by atoms with Crippen LogP contribution >= 0.6 is 0 Å². The Hall–Kier alpha value is -2.44. The van der Waals surface area contributed by atoms with E-state index in [0.717, 1.165) is 0 Å². The Morgan fingerprint density at radius 1 is 0.519 bits per heavy atom. The normalized spacial score (nSPS) is 9.78. The quantitative estimate of drug-likeness (QED) is 0.588. The van der Waals surface area contributed by atoms with Gasteiger partial charge in [0, 0.05) is 0 Å². The third-order valence-corrected chi connectivity index (χ3v) is 3.77. The summed E-state index contributed by atoms with van der Waals surface area (Å²) in [5.41, 5.74) is 2.97. The molecule has 0 saturated carbocycles. The van der Waals surface area contributed by atoms with Gasteiger partial charge in [0.2, 0.25) is 0 Å². The van der Waals surface area contributed by atoms with Crippen molar-refractivity contribution in [3.05, 3.63) is 91.0 Å². The molecule has 3 rings (SSSR count). The van der Waals surface area contributed by atoms with Crippen molar-refractivity contribution in [2.24, 2.45) is 0 Å². The zero-order valence-corrected chi connectivity index (χ0v) is 16.6. The van der Waals surface area contributed by atoms with Crippen LogP contribution in [-0.4, -0.2) is 35.3 Å². The van der Waals surface area contributed by atoms with Gasteiger partial charge in [0.15, 0.2) is 0 Å². The number of benzene rings is 3. The molecule has 5 heteroatoms. The highest BCUT2D eigenvalue weighted by atomic mass is 16.4. The van der Waals surface area contributed by atoms with Crippen LogP contribution in [0.2, 0.25) is 0 Å². The molecule has 0 fully saturated rings. The molecule has 0 spiro atoms. The topological polar surface area (TPSA) is 55.0 Å². The molecule has 0 bridgehead atoms. The Labute approximate surface area is 163 Å². The molecule has 3 aromatic rings. The van der Waals surface area contributed by atoms with Crippen molar-refractivity contribution in [2.75, 3.05) is 28.2 Å². The maximum Gasteiger partial charge on any atom is 0.130 e. The molecular formula is C22H29BN2O2. The standard InChI is InChI=1S/2C8H11N.C6H5BO2/c2*1-9(2)8-6-4-3-5-7-8;8-7(9)6-4-2-1-3-5-6/h2*3-7H,1-2H3;1-5H/q;;-2/p+2. The lowest BCUT2D eigenvalue weighted by molar-refractivity contribution is -0.786. The van der Waals surface area contributed by atoms with Crippen molar-refractivity contribution in [1.82, 2.24) is 0 Å². The summed E-state index contributed by atoms with van der Waals surface area (Å²) in [7, 11) is 6.64. The lowest BCUT2D eigenvalue weighted by Crippen LogP contribution is -3.00. The molecule has 0 amide bonds. The minimum Gasteiger partial charge on any atom is -0.889 e. The van der Waals surface area contributed by atoms with E-state index in [-0.39, 0.29) is 0 Å². The highest BCUT2D eigenvalue weighted by molar-refractivity contribution is 6.55. The third-order valence-electron chi connectivity index (χ3n) is 3.77. The van der Waals surface area contributed by atoms with Gasteiger partial charge in [0.1, 0.15) is 11.4 Å². The van der Waals surface area contributed by atoms with Crippen molar-refractivity contribution in [3.63, 3.8) is 0 Å². The fraction of sp³-hybridized carbons (Fsp3) is 0.182. The highest BCUT2D eigenvalue weighted by Crippen LogP contribution is 1.96. The second-order valence-electron chi connectivity index (χ2n) is 6.47. The number of hydrogen-bond acceptors (Lipinski definition) is 2. The van der Waals surface area contributed by atoms with Crippen LogP contribution in [0.5, 0.6) is 0 Å². The van der Waals surface area contributed by atoms with E-state index < -0.39 is 7.12 Å². The molecule has 0 radical (unpaired) electrons. The van der Waals surface area contributed by atoms with E-state index in [9.17, 15) is 10.0 Å². The lowest BCUT2D eigenvalue weighted by Gasteiger charge is -2.26. The van der Waals surface area contributed by atoms with E-state index >= 15 is 0 Å². The van der Waals surface area contributed by atoms with E-state index in [2.05, 4.69) is 76.7 Å². The molecule has 4 nitrogen and oxygen atoms in total. The molecule has 0 atom stereocenters. The van der Waals surface area contributed by atoms with Crippen molar-refractivity contribution < 1.29 is 19.8 Å². The summed E-state index contributed by atoms with van der Waals surface area (Å²) in [4.78, 5) is 2.74. The number of hydrogen-bond donors (Lipinski definition) is 2. The van der Waals surface area contributed by atoms with Crippen LogP contribution in [-0.2, 0) is 0 Å². The molecule has 0 aromatic heterocycles. The van der Waals surface area contributed by atoms with Gasteiger partial charge in [-0.2, -0.15) is 0 Å². The van der Waals surface area contributed by atoms with E-state index in [4.69, 9.17) is 0 Å². The summed E-state index contributed by atoms with van der Waals surface area (Å²) in [6.45, 7) is 0. The maximum atomic E-state index is 10.2. The molecule has 3 aromatic carbocycles. The summed E-state index contributed by atoms with van der Waals surface area (Å²) in [5, 5.41) is 20.3. The van der Waals surface area contributed by atoms with Gasteiger partial charge in [-0.3, -0.25) is 0 Å². The summed E-state index contributed by atoms with van der Waals surface area (Å²) in [6, 6.07) is 29.0. The predicted octanol–water partition coefficient (Wildman–Crippen LogP) is -0.972. The van der Waals surface area contributed by atoms with Crippen LogP contribution < -0.4 is 25.3 Å². The van der Waals surface area contributed by atoms with E-state index in [0.29, 0.717) is 5.46 Å². The Kier molecular flexibility index (Phi) is 10.8. The second-order valence-corrected chi connectivity index (χ2v) is 6.47. The molecule has 0 saturated heterocycles. The summed E-state index contributed by atoms with van der Waals surface area (Å²) < 4.78 is 0. The Balaban J connectivity index is 0.000000202. The first kappa shape index (κ1) is 22.6. The van der Waals surface area contributed by atoms with E-state index in [1.165, 1.54) is 33.3 Å². The van der Waals surface area contributed by atoms with Crippen molar-refractivity contribution >= 4 is 24.0 Å². The van der Waals surface area contributed by atoms with Crippen LogP contribution in [0.4, 0.5) is 11.4 Å². The molecule has 0 unspecified atom stereocenters. The SMILES string of the molecule is C[NH+](C)c1ccccc1.C[NH+](C)c1ccccc1.[O-]B([O-])c1ccccc1. The third kappa shape index (κ3) is 9.73. The second kappa shape index (κ2) is 12.8. The van der Waals surface area contributed by atoms with Gasteiger partial charge < -0.3 is 19.8 Å². The van der Waals surface area contributed by atoms with Gasteiger partial charge in [-0.1, -0.05) is 73.8 Å². The molecule has 2 N–H and O–H groups in total. The van der Waals surface area contributed by atoms with Crippen molar-refractivity contribution in [2.45, 2.75) is 0 Å². The summed E-state index contributed by atoms with van der Waals surface area (Å²) in [5.74, 6) is 0. The highest BCUT2D eigenvalue weighted by Gasteiger charge is 1.94. The van der Waals surface area contributed by atoms with Crippen LogP contribution in [0.1, 0.15) is 0 Å². The van der Waals surface area contributed by atoms with Gasteiger partial charge in [0.25, 0.3) is 0 Å². The van der Waals surface area contributed by atoms with Gasteiger partial charge in [-0.05, 0) is 24.3 Å². The van der Waals surface area contributed by atoms with Crippen LogP contribution in [0.15, 0.2) is 91.0 Å². The monoisotopic (exact) mass is 364 g/mol. The van der Waals surface area contributed by atoms with Crippen LogP contribution in [0.25, 0.3) is 0 Å². The Bertz CT molecular complexity index is 618. The lowest BCUT2D eigenvalue weighted by atomic mass is 9.81. The van der Waals surface area contributed by atoms with Gasteiger partial charge >= 0.3 is 0 Å². The maximum absolute atomic E-state index is 10.2. The Morgan fingerprint density at radius 2 is 0.815 bits per heavy atom. The number of rotatable bonds is 3. The summed E-state index contributed by atoms with van der Waals surface area (Å²) in [6.07, 6.45) is 0. The van der Waals surface area contributed by atoms with Crippen molar-refractivity contribution in [3.8, 4) is 0 Å². The van der Waals surface area contributed by atoms with Gasteiger partial charge in [-0.25, -0.2) is 0 Å². The first-order valence-electron chi connectivity index (χ1n) is 8.99. The predicted molar refractivity (Wildman–Crippen MR) is 110 cm³/mol. The average molecular weight is 364 g/mol. The zero-order valence-electron chi connectivity index (χ0n) is 16.6. The number of quaternary nitrogens is 2. The van der Waals surface area contributed by atoms with E-state index in [1.54, 1.807) is 18.2 Å². The molecule has 0 aliphatic carbocycles. The summed E-state index contributed by atoms with van der Waals surface area (Å²) >= 11 is 0. The van der Waals surface area contributed by atoms with Crippen molar-refractivity contribution in [1.29, 1.82) is 0 Å². The zero-order chi connectivity index (χ0) is 20.1. The fourth-order valence-corrected chi connectivity index (χ4v) is 2.15. The van der Waals surface area contributed by atoms with Gasteiger partial charge in [-0.15, -0.1) is 5.46 Å². The molecule has 27 heavy (non-hydrogen) atoms. The molecule has 0 heterocycles. The first-order chi connectivity index (χ1) is 12.9. The van der Waals surface area contributed by atoms with Gasteiger partial charge in [0.05, 0.1) is 28.2 Å². The van der Waals surface area contributed by atoms with E-state index in [1.807, 2.05) is 12.1 Å². The largest absolute Gasteiger partial charge is 0.889 e. The molecule has 0 aliphatic rings. The van der Waals surface area contributed by atoms with Crippen LogP contribution in [0.3, 0.4) is 0 Å². The first-order valence-corrected chi connectivity index (χ1v) is 8.99.